The van der Waals surface area contributed by atoms with Crippen molar-refractivity contribution in [2.75, 3.05) is 11.9 Å². The molecule has 4 aromatic rings. The quantitative estimate of drug-likeness (QED) is 0.352. The lowest BCUT2D eigenvalue weighted by Crippen LogP contribution is -2.22. The van der Waals surface area contributed by atoms with Crippen LogP contribution in [0.25, 0.3) is 4.96 Å². The van der Waals surface area contributed by atoms with Crippen LogP contribution in [0.5, 0.6) is 5.75 Å². The fourth-order valence-corrected chi connectivity index (χ4v) is 4.16. The Bertz CT molecular complexity index is 1420. The zero-order valence-corrected chi connectivity index (χ0v) is 19.5. The highest BCUT2D eigenvalue weighted by Crippen LogP contribution is 2.18. The number of para-hydroxylation sites is 1. The van der Waals surface area contributed by atoms with Crippen molar-refractivity contribution in [3.8, 4) is 5.75 Å². The fraction of sp³-hybridized carbons (Fsp3) is 0.208. The van der Waals surface area contributed by atoms with Gasteiger partial charge >= 0.3 is 5.97 Å². The van der Waals surface area contributed by atoms with Gasteiger partial charge in [-0.05, 0) is 42.8 Å². The molecule has 0 unspecified atom stereocenters. The first kappa shape index (κ1) is 24.0. The zero-order valence-electron chi connectivity index (χ0n) is 18.7. The van der Waals surface area contributed by atoms with Crippen molar-refractivity contribution in [2.45, 2.75) is 26.4 Å². The van der Waals surface area contributed by atoms with Crippen LogP contribution < -0.4 is 15.6 Å². The first-order valence-electron chi connectivity index (χ1n) is 10.8. The molecule has 0 bridgehead atoms. The van der Waals surface area contributed by atoms with Crippen molar-refractivity contribution in [2.24, 2.45) is 0 Å². The number of benzene rings is 2. The zero-order chi connectivity index (χ0) is 24.8. The number of fused-ring (bicyclic) bond motifs is 1. The SMILES string of the molecule is CCCc1nn2c(=O)cc(COC(=O)c3ccccc3NC(=O)COc3ccc(F)cc3)nc2s1. The lowest BCUT2D eigenvalue weighted by molar-refractivity contribution is -0.118. The Kier molecular flexibility index (Phi) is 7.46. The molecule has 0 atom stereocenters. The number of hydrogen-bond acceptors (Lipinski definition) is 8. The summed E-state index contributed by atoms with van der Waals surface area (Å²) in [4.78, 5) is 42.1. The summed E-state index contributed by atoms with van der Waals surface area (Å²) in [7, 11) is 0. The van der Waals surface area contributed by atoms with Gasteiger partial charge in [0.1, 0.15) is 23.2 Å². The molecule has 2 aromatic carbocycles. The van der Waals surface area contributed by atoms with Gasteiger partial charge in [-0.15, -0.1) is 0 Å². The molecule has 0 aliphatic carbocycles. The summed E-state index contributed by atoms with van der Waals surface area (Å²) < 4.78 is 24.9. The van der Waals surface area contributed by atoms with E-state index in [2.05, 4.69) is 15.4 Å². The Morgan fingerprint density at radius 1 is 1.14 bits per heavy atom. The molecule has 35 heavy (non-hydrogen) atoms. The summed E-state index contributed by atoms with van der Waals surface area (Å²) in [5.74, 6) is -1.29. The second-order valence-corrected chi connectivity index (χ2v) is 8.48. The third kappa shape index (κ3) is 6.07. The molecule has 0 saturated carbocycles. The number of amides is 1. The molecule has 0 radical (unpaired) electrons. The maximum Gasteiger partial charge on any atom is 0.340 e. The molecule has 0 aliphatic rings. The lowest BCUT2D eigenvalue weighted by Gasteiger charge is -2.11. The lowest BCUT2D eigenvalue weighted by atomic mass is 10.2. The maximum atomic E-state index is 13.0. The predicted molar refractivity (Wildman–Crippen MR) is 127 cm³/mol. The number of halogens is 1. The first-order valence-corrected chi connectivity index (χ1v) is 11.6. The van der Waals surface area contributed by atoms with E-state index in [0.29, 0.717) is 16.4 Å². The van der Waals surface area contributed by atoms with Crippen LogP contribution in [0.3, 0.4) is 0 Å². The molecule has 0 spiro atoms. The van der Waals surface area contributed by atoms with E-state index in [4.69, 9.17) is 9.47 Å². The van der Waals surface area contributed by atoms with Crippen LogP contribution in [-0.4, -0.2) is 33.1 Å². The number of aromatic nitrogens is 3. The summed E-state index contributed by atoms with van der Waals surface area (Å²) in [5, 5.41) is 7.66. The third-order valence-corrected chi connectivity index (χ3v) is 5.73. The number of nitrogens with zero attached hydrogens (tertiary/aromatic N) is 3. The van der Waals surface area contributed by atoms with Gasteiger partial charge in [-0.25, -0.2) is 14.2 Å². The number of hydrogen-bond donors (Lipinski definition) is 1. The van der Waals surface area contributed by atoms with Gasteiger partial charge in [0.05, 0.1) is 16.9 Å². The largest absolute Gasteiger partial charge is 0.484 e. The molecule has 4 rings (SSSR count). The number of carbonyl (C=O) groups is 2. The van der Waals surface area contributed by atoms with Crippen LogP contribution in [0.2, 0.25) is 0 Å². The van der Waals surface area contributed by atoms with Crippen molar-refractivity contribution in [3.63, 3.8) is 0 Å². The Labute approximate surface area is 203 Å². The Balaban J connectivity index is 1.39. The molecule has 2 heterocycles. The summed E-state index contributed by atoms with van der Waals surface area (Å²) in [6.07, 6.45) is 1.64. The van der Waals surface area contributed by atoms with E-state index < -0.39 is 17.7 Å². The van der Waals surface area contributed by atoms with E-state index in [1.807, 2.05) is 6.92 Å². The minimum absolute atomic E-state index is 0.128. The molecule has 0 saturated heterocycles. The minimum atomic E-state index is -0.696. The molecule has 1 N–H and O–H groups in total. The summed E-state index contributed by atoms with van der Waals surface area (Å²) in [6.45, 7) is 1.46. The second-order valence-electron chi connectivity index (χ2n) is 7.44. The number of anilines is 1. The number of aryl methyl sites for hydroxylation is 1. The second kappa shape index (κ2) is 10.9. The summed E-state index contributed by atoms with van der Waals surface area (Å²) in [6, 6.07) is 12.9. The van der Waals surface area contributed by atoms with Crippen LogP contribution in [0, 0.1) is 5.82 Å². The van der Waals surface area contributed by atoms with E-state index in [9.17, 15) is 18.8 Å². The Hall–Kier alpha value is -4.12. The van der Waals surface area contributed by atoms with E-state index in [0.717, 1.165) is 17.8 Å². The Morgan fingerprint density at radius 3 is 2.69 bits per heavy atom. The summed E-state index contributed by atoms with van der Waals surface area (Å²) >= 11 is 1.32. The number of nitrogens with one attached hydrogen (secondary N) is 1. The van der Waals surface area contributed by atoms with Gasteiger partial charge in [-0.1, -0.05) is 30.4 Å². The van der Waals surface area contributed by atoms with Crippen LogP contribution in [-0.2, 0) is 22.6 Å². The fourth-order valence-electron chi connectivity index (χ4n) is 3.14. The van der Waals surface area contributed by atoms with Gasteiger partial charge in [-0.3, -0.25) is 9.59 Å². The van der Waals surface area contributed by atoms with Crippen LogP contribution >= 0.6 is 11.3 Å². The number of carbonyl (C=O) groups excluding carboxylic acids is 2. The smallest absolute Gasteiger partial charge is 0.340 e. The minimum Gasteiger partial charge on any atom is -0.484 e. The van der Waals surface area contributed by atoms with Crippen molar-refractivity contribution in [3.05, 3.63) is 87.0 Å². The standard InChI is InChI=1S/C24H21FN4O5S/c1-2-5-21-28-29-22(31)12-16(26-24(29)35-21)13-34-23(32)18-6-3-4-7-19(18)27-20(30)14-33-17-10-8-15(25)9-11-17/h3-4,6-12H,2,5,13-14H2,1H3,(H,27,30). The van der Waals surface area contributed by atoms with Gasteiger partial charge in [-0.2, -0.15) is 9.61 Å². The Morgan fingerprint density at radius 2 is 1.91 bits per heavy atom. The van der Waals surface area contributed by atoms with Crippen molar-refractivity contribution < 1.29 is 23.5 Å². The molecular weight excluding hydrogens is 475 g/mol. The van der Waals surface area contributed by atoms with E-state index in [-0.39, 0.29) is 30.0 Å². The van der Waals surface area contributed by atoms with Gasteiger partial charge in [0, 0.05) is 12.5 Å². The van der Waals surface area contributed by atoms with Crippen molar-refractivity contribution in [1.82, 2.24) is 14.6 Å². The molecule has 1 amide bonds. The average Bonchev–Trinajstić information content (AvgIpc) is 3.26. The molecule has 0 aliphatic heterocycles. The predicted octanol–water partition coefficient (Wildman–Crippen LogP) is 3.62. The normalized spacial score (nSPS) is 10.8. The number of esters is 1. The van der Waals surface area contributed by atoms with Crippen LogP contribution in [0.1, 0.15) is 34.4 Å². The highest BCUT2D eigenvalue weighted by molar-refractivity contribution is 7.16. The molecular formula is C24H21FN4O5S. The van der Waals surface area contributed by atoms with Gasteiger partial charge in [0.25, 0.3) is 11.5 Å². The molecule has 180 valence electrons. The van der Waals surface area contributed by atoms with E-state index >= 15 is 0 Å². The highest BCUT2D eigenvalue weighted by atomic mass is 32.1. The van der Waals surface area contributed by atoms with E-state index in [1.165, 1.54) is 52.3 Å². The molecule has 0 fully saturated rings. The average molecular weight is 497 g/mol. The molecule has 2 aromatic heterocycles. The van der Waals surface area contributed by atoms with Gasteiger partial charge in [0.15, 0.2) is 6.61 Å². The van der Waals surface area contributed by atoms with Crippen LogP contribution in [0.4, 0.5) is 10.1 Å². The number of ether oxygens (including phenoxy) is 2. The maximum absolute atomic E-state index is 13.0. The van der Waals surface area contributed by atoms with E-state index in [1.54, 1.807) is 18.2 Å². The van der Waals surface area contributed by atoms with Gasteiger partial charge < -0.3 is 14.8 Å². The number of rotatable bonds is 9. The first-order chi connectivity index (χ1) is 16.9. The van der Waals surface area contributed by atoms with Gasteiger partial charge in [0.2, 0.25) is 4.96 Å². The van der Waals surface area contributed by atoms with Crippen molar-refractivity contribution >= 4 is 33.9 Å². The molecule has 9 nitrogen and oxygen atoms in total. The summed E-state index contributed by atoms with van der Waals surface area (Å²) in [5.41, 5.74) is 0.307. The topological polar surface area (TPSA) is 112 Å². The monoisotopic (exact) mass is 496 g/mol. The van der Waals surface area contributed by atoms with Crippen molar-refractivity contribution in [1.29, 1.82) is 0 Å². The highest BCUT2D eigenvalue weighted by Gasteiger charge is 2.16. The van der Waals surface area contributed by atoms with Crippen LogP contribution in [0.15, 0.2) is 59.4 Å². The molecule has 11 heteroatoms. The third-order valence-electron chi connectivity index (χ3n) is 4.76.